The van der Waals surface area contributed by atoms with Crippen LogP contribution >= 0.6 is 0 Å². The molecule has 3 aromatic rings. The molecule has 0 aliphatic carbocycles. The Kier molecular flexibility index (Phi) is 6.44. The summed E-state index contributed by atoms with van der Waals surface area (Å²) in [5, 5.41) is 1.58. The Morgan fingerprint density at radius 1 is 0.889 bits per heavy atom. The first kappa shape index (κ1) is 18.9. The Labute approximate surface area is 161 Å². The Morgan fingerprint density at radius 2 is 1.67 bits per heavy atom. The van der Waals surface area contributed by atoms with E-state index >= 15 is 0 Å². The fourth-order valence-corrected chi connectivity index (χ4v) is 3.19. The molecular weight excluding hydrogens is 331 g/mol. The van der Waals surface area contributed by atoms with Gasteiger partial charge in [-0.3, -0.25) is 0 Å². The molecule has 0 unspecified atom stereocenters. The lowest BCUT2D eigenvalue weighted by atomic mass is 10.0. The second kappa shape index (κ2) is 9.19. The second-order valence-electron chi connectivity index (χ2n) is 6.79. The molecule has 0 amide bonds. The molecule has 3 rings (SSSR count). The van der Waals surface area contributed by atoms with Crippen molar-refractivity contribution >= 4 is 10.8 Å². The Morgan fingerprint density at radius 3 is 2.41 bits per heavy atom. The third kappa shape index (κ3) is 4.86. The first-order valence-electron chi connectivity index (χ1n) is 9.64. The van der Waals surface area contributed by atoms with Gasteiger partial charge in [-0.25, -0.2) is 4.39 Å². The van der Waals surface area contributed by atoms with E-state index in [0.717, 1.165) is 36.6 Å². The van der Waals surface area contributed by atoms with Crippen molar-refractivity contribution in [3.05, 3.63) is 94.8 Å². The normalized spacial score (nSPS) is 10.9. The summed E-state index contributed by atoms with van der Waals surface area (Å²) < 4.78 is 14.8. The van der Waals surface area contributed by atoms with Gasteiger partial charge in [0.1, 0.15) is 5.82 Å². The van der Waals surface area contributed by atoms with E-state index < -0.39 is 0 Å². The highest BCUT2D eigenvalue weighted by Gasteiger charge is 2.06. The van der Waals surface area contributed by atoms with E-state index in [-0.39, 0.29) is 5.82 Å². The molecule has 0 radical (unpaired) electrons. The van der Waals surface area contributed by atoms with E-state index in [1.165, 1.54) is 11.1 Å². The van der Waals surface area contributed by atoms with Crippen molar-refractivity contribution < 1.29 is 4.39 Å². The zero-order chi connectivity index (χ0) is 19.1. The maximum Gasteiger partial charge on any atom is 0.146 e. The quantitative estimate of drug-likeness (QED) is 0.347. The standard InChI is InChI=1S/C26H25F/c1-3-5-6-8-20-9-11-21(12-10-20)13-15-23-16-17-24-19-22(7-4-2)14-18-25(24)26(23)27/h3,5,9-12,14,16-19H,4,6-8H2,1-2H3/b5-3+. The highest BCUT2D eigenvalue weighted by atomic mass is 19.1. The number of fused-ring (bicyclic) bond motifs is 1. The van der Waals surface area contributed by atoms with Gasteiger partial charge >= 0.3 is 0 Å². The molecule has 0 aromatic heterocycles. The molecular formula is C26H25F. The monoisotopic (exact) mass is 356 g/mol. The Hall–Kier alpha value is -2.85. The van der Waals surface area contributed by atoms with Crippen LogP contribution in [0.2, 0.25) is 0 Å². The third-order valence-electron chi connectivity index (χ3n) is 4.69. The van der Waals surface area contributed by atoms with E-state index in [4.69, 9.17) is 0 Å². The lowest BCUT2D eigenvalue weighted by Crippen LogP contribution is -1.89. The van der Waals surface area contributed by atoms with Crippen LogP contribution in [0.4, 0.5) is 4.39 Å². The van der Waals surface area contributed by atoms with E-state index in [9.17, 15) is 4.39 Å². The van der Waals surface area contributed by atoms with Crippen LogP contribution in [0.3, 0.4) is 0 Å². The maximum absolute atomic E-state index is 14.8. The number of rotatable bonds is 5. The Bertz CT molecular complexity index is 998. The van der Waals surface area contributed by atoms with Gasteiger partial charge in [0, 0.05) is 10.9 Å². The number of aryl methyl sites for hydroxylation is 2. The van der Waals surface area contributed by atoms with Crippen LogP contribution in [0.25, 0.3) is 10.8 Å². The molecule has 1 heteroatoms. The lowest BCUT2D eigenvalue weighted by molar-refractivity contribution is 0.636. The van der Waals surface area contributed by atoms with Gasteiger partial charge in [-0.1, -0.05) is 73.7 Å². The van der Waals surface area contributed by atoms with Gasteiger partial charge in [-0.05, 0) is 60.9 Å². The second-order valence-corrected chi connectivity index (χ2v) is 6.79. The van der Waals surface area contributed by atoms with Crippen molar-refractivity contribution in [2.75, 3.05) is 0 Å². The average Bonchev–Trinajstić information content (AvgIpc) is 2.69. The minimum absolute atomic E-state index is 0.231. The van der Waals surface area contributed by atoms with Crippen molar-refractivity contribution in [1.82, 2.24) is 0 Å². The van der Waals surface area contributed by atoms with E-state index in [0.29, 0.717) is 10.9 Å². The molecule has 136 valence electrons. The van der Waals surface area contributed by atoms with Gasteiger partial charge < -0.3 is 0 Å². The van der Waals surface area contributed by atoms with Crippen LogP contribution < -0.4 is 0 Å². The molecule has 3 aromatic carbocycles. The zero-order valence-electron chi connectivity index (χ0n) is 16.1. The summed E-state index contributed by atoms with van der Waals surface area (Å²) in [7, 11) is 0. The maximum atomic E-state index is 14.8. The highest BCUT2D eigenvalue weighted by Crippen LogP contribution is 2.22. The summed E-state index contributed by atoms with van der Waals surface area (Å²) in [6.07, 6.45) is 8.42. The highest BCUT2D eigenvalue weighted by molar-refractivity contribution is 5.85. The first-order chi connectivity index (χ1) is 13.2. The summed E-state index contributed by atoms with van der Waals surface area (Å²) in [5.41, 5.74) is 3.89. The first-order valence-corrected chi connectivity index (χ1v) is 9.64. The van der Waals surface area contributed by atoms with Gasteiger partial charge in [-0.15, -0.1) is 0 Å². The molecule has 0 nitrogen and oxygen atoms in total. The molecule has 0 heterocycles. The largest absolute Gasteiger partial charge is 0.205 e. The molecule has 0 spiro atoms. The number of allylic oxidation sites excluding steroid dienone is 2. The molecule has 0 saturated heterocycles. The number of benzene rings is 3. The topological polar surface area (TPSA) is 0 Å². The van der Waals surface area contributed by atoms with Crippen LogP contribution in [0.1, 0.15) is 48.9 Å². The molecule has 0 bridgehead atoms. The van der Waals surface area contributed by atoms with Gasteiger partial charge in [0.05, 0.1) is 5.56 Å². The molecule has 27 heavy (non-hydrogen) atoms. The molecule has 0 fully saturated rings. The van der Waals surface area contributed by atoms with Crippen LogP contribution in [-0.2, 0) is 12.8 Å². The van der Waals surface area contributed by atoms with Gasteiger partial charge in [-0.2, -0.15) is 0 Å². The molecule has 0 saturated carbocycles. The average molecular weight is 356 g/mol. The number of hydrogen-bond acceptors (Lipinski definition) is 0. The SMILES string of the molecule is C/C=C/CCc1ccc(C#Cc2ccc3cc(CCC)ccc3c2F)cc1. The van der Waals surface area contributed by atoms with E-state index in [1.807, 2.05) is 37.3 Å². The van der Waals surface area contributed by atoms with Crippen molar-refractivity contribution in [2.45, 2.75) is 39.5 Å². The van der Waals surface area contributed by atoms with Crippen LogP contribution in [0, 0.1) is 17.7 Å². The summed E-state index contributed by atoms with van der Waals surface area (Å²) in [6.45, 7) is 4.19. The fraction of sp³-hybridized carbons (Fsp3) is 0.231. The summed E-state index contributed by atoms with van der Waals surface area (Å²) >= 11 is 0. The van der Waals surface area contributed by atoms with Gasteiger partial charge in [0.2, 0.25) is 0 Å². The van der Waals surface area contributed by atoms with Crippen LogP contribution in [-0.4, -0.2) is 0 Å². The van der Waals surface area contributed by atoms with Gasteiger partial charge in [0.25, 0.3) is 0 Å². The minimum atomic E-state index is -0.231. The molecule has 0 aliphatic heterocycles. The van der Waals surface area contributed by atoms with E-state index in [2.05, 4.69) is 49.1 Å². The van der Waals surface area contributed by atoms with Crippen molar-refractivity contribution in [2.24, 2.45) is 0 Å². The van der Waals surface area contributed by atoms with Crippen molar-refractivity contribution in [3.8, 4) is 11.8 Å². The van der Waals surface area contributed by atoms with Crippen molar-refractivity contribution in [3.63, 3.8) is 0 Å². The summed E-state index contributed by atoms with van der Waals surface area (Å²) in [4.78, 5) is 0. The van der Waals surface area contributed by atoms with Crippen LogP contribution in [0.15, 0.2) is 66.7 Å². The fourth-order valence-electron chi connectivity index (χ4n) is 3.19. The Balaban J connectivity index is 1.80. The van der Waals surface area contributed by atoms with E-state index in [1.54, 1.807) is 6.07 Å². The molecule has 0 aliphatic rings. The predicted octanol–water partition coefficient (Wildman–Crippen LogP) is 6.84. The third-order valence-corrected chi connectivity index (χ3v) is 4.69. The molecule has 0 atom stereocenters. The number of halogens is 1. The molecule has 0 N–H and O–H groups in total. The summed E-state index contributed by atoms with van der Waals surface area (Å²) in [6, 6.07) is 17.9. The minimum Gasteiger partial charge on any atom is -0.205 e. The summed E-state index contributed by atoms with van der Waals surface area (Å²) in [5.74, 6) is 5.85. The predicted molar refractivity (Wildman–Crippen MR) is 113 cm³/mol. The van der Waals surface area contributed by atoms with Crippen molar-refractivity contribution in [1.29, 1.82) is 0 Å². The zero-order valence-corrected chi connectivity index (χ0v) is 16.1. The van der Waals surface area contributed by atoms with Gasteiger partial charge in [0.15, 0.2) is 0 Å². The lowest BCUT2D eigenvalue weighted by Gasteiger charge is -2.05. The smallest absolute Gasteiger partial charge is 0.146 e. The number of hydrogen-bond donors (Lipinski definition) is 0. The van der Waals surface area contributed by atoms with Crippen LogP contribution in [0.5, 0.6) is 0 Å².